The Morgan fingerprint density at radius 2 is 1.93 bits per heavy atom. The summed E-state index contributed by atoms with van der Waals surface area (Å²) in [6.07, 6.45) is 0. The van der Waals surface area contributed by atoms with E-state index in [4.69, 9.17) is 6.57 Å². The summed E-state index contributed by atoms with van der Waals surface area (Å²) in [5, 5.41) is 31.3. The molecule has 3 aromatic rings. The average molecular weight is 437 g/mol. The first kappa shape index (κ1) is 17.6. The van der Waals surface area contributed by atoms with Crippen molar-refractivity contribution in [3.05, 3.63) is 69.7 Å². The predicted octanol–water partition coefficient (Wildman–Crippen LogP) is 3.33. The topological polar surface area (TPSA) is 117 Å². The summed E-state index contributed by atoms with van der Waals surface area (Å²) in [6, 6.07) is 11.0. The van der Waals surface area contributed by atoms with E-state index in [0.29, 0.717) is 15.7 Å². The number of carboxylic acids is 1. The summed E-state index contributed by atoms with van der Waals surface area (Å²) in [6.45, 7) is 7.38. The van der Waals surface area contributed by atoms with Crippen molar-refractivity contribution in [3.8, 4) is 17.1 Å². The molecule has 0 unspecified atom stereocenters. The normalized spacial score (nSPS) is 13.9. The second-order valence-electron chi connectivity index (χ2n) is 5.64. The third-order valence-corrected chi connectivity index (χ3v) is 4.57. The maximum absolute atomic E-state index is 11.5. The minimum absolute atomic E-state index is 0.00292. The van der Waals surface area contributed by atoms with Crippen molar-refractivity contribution >= 4 is 39.1 Å². The fourth-order valence-corrected chi connectivity index (χ4v) is 3.03. The molecule has 4 rings (SSSR count). The smallest absolute Gasteiger partial charge is 0.336 e. The lowest BCUT2D eigenvalue weighted by Crippen LogP contribution is -2.08. The number of aromatic carboxylic acids is 1. The van der Waals surface area contributed by atoms with Crippen LogP contribution in [0.4, 0.5) is 5.69 Å². The lowest BCUT2D eigenvalue weighted by Gasteiger charge is -2.02. The molecule has 0 aliphatic carbocycles. The van der Waals surface area contributed by atoms with Gasteiger partial charge in [-0.05, 0) is 45.3 Å². The van der Waals surface area contributed by atoms with Crippen molar-refractivity contribution in [1.29, 1.82) is 0 Å². The third kappa shape index (κ3) is 2.83. The quantitative estimate of drug-likeness (QED) is 0.610. The molecule has 0 atom stereocenters. The number of carboxylic acid groups (broad SMARTS) is 1. The van der Waals surface area contributed by atoms with Crippen LogP contribution in [0.3, 0.4) is 0 Å². The number of rotatable bonds is 3. The molecule has 2 N–H and O–H groups in total. The summed E-state index contributed by atoms with van der Waals surface area (Å²) in [4.78, 5) is 19.3. The van der Waals surface area contributed by atoms with Crippen molar-refractivity contribution < 1.29 is 15.0 Å². The number of nitrogens with zero attached hydrogens (tertiary/aromatic N) is 6. The van der Waals surface area contributed by atoms with E-state index in [9.17, 15) is 15.0 Å². The number of benzene rings is 2. The number of amidine groups is 1. The number of aliphatic imine (C=N–C) groups is 1. The van der Waals surface area contributed by atoms with Gasteiger partial charge < -0.3 is 15.1 Å². The number of carbonyl (C=O) groups is 1. The van der Waals surface area contributed by atoms with Gasteiger partial charge in [-0.3, -0.25) is 4.99 Å². The second kappa shape index (κ2) is 6.71. The molecule has 2 aromatic carbocycles. The number of phenols is 1. The standard InChI is InChI=1S/C18H9BrN6O3/c1-20-15-14(21-9-6-7-13(26)12(19)8-9)17-23-22-16(25(17)24-15)10-4-2-3-5-11(10)18(27)28/h2-8,26H,(H,27,28). The van der Waals surface area contributed by atoms with Crippen LogP contribution in [-0.4, -0.2) is 42.6 Å². The summed E-state index contributed by atoms with van der Waals surface area (Å²) < 4.78 is 1.76. The summed E-state index contributed by atoms with van der Waals surface area (Å²) in [5.41, 5.74) is 1.06. The predicted molar refractivity (Wildman–Crippen MR) is 104 cm³/mol. The highest BCUT2D eigenvalue weighted by molar-refractivity contribution is 9.10. The van der Waals surface area contributed by atoms with Crippen molar-refractivity contribution in [3.63, 3.8) is 0 Å². The van der Waals surface area contributed by atoms with E-state index in [0.717, 1.165) is 0 Å². The van der Waals surface area contributed by atoms with Gasteiger partial charge in [-0.25, -0.2) is 4.79 Å². The molecule has 0 fully saturated rings. The molecule has 0 radical (unpaired) electrons. The van der Waals surface area contributed by atoms with E-state index in [-0.39, 0.29) is 34.5 Å². The van der Waals surface area contributed by atoms with Crippen LogP contribution in [0.25, 0.3) is 16.2 Å². The molecule has 136 valence electrons. The van der Waals surface area contributed by atoms with Gasteiger partial charge >= 0.3 is 11.8 Å². The molecule has 1 aliphatic rings. The van der Waals surface area contributed by atoms with Crippen LogP contribution in [0, 0.1) is 6.57 Å². The number of aromatic hydroxyl groups is 1. The zero-order chi connectivity index (χ0) is 19.8. The van der Waals surface area contributed by atoms with Gasteiger partial charge in [0, 0.05) is 5.56 Å². The van der Waals surface area contributed by atoms with Crippen molar-refractivity contribution in [2.45, 2.75) is 0 Å². The number of halogens is 1. The second-order valence-corrected chi connectivity index (χ2v) is 6.50. The van der Waals surface area contributed by atoms with Crippen molar-refractivity contribution in [2.75, 3.05) is 0 Å². The first-order chi connectivity index (χ1) is 13.5. The van der Waals surface area contributed by atoms with Crippen LogP contribution in [-0.2, 0) is 0 Å². The Bertz CT molecular complexity index is 1240. The fourth-order valence-electron chi connectivity index (χ4n) is 2.67. The summed E-state index contributed by atoms with van der Waals surface area (Å²) >= 11 is 3.22. The number of hydrogen-bond acceptors (Lipinski definition) is 6. The first-order valence-electron chi connectivity index (χ1n) is 7.82. The Morgan fingerprint density at radius 3 is 2.64 bits per heavy atom. The Balaban J connectivity index is 1.87. The molecule has 2 heterocycles. The lowest BCUT2D eigenvalue weighted by molar-refractivity contribution is 0.0697. The van der Waals surface area contributed by atoms with Gasteiger partial charge in [0.2, 0.25) is 11.6 Å². The van der Waals surface area contributed by atoms with Crippen LogP contribution < -0.4 is 0 Å². The van der Waals surface area contributed by atoms with E-state index in [2.05, 4.69) is 41.1 Å². The molecule has 0 saturated heterocycles. The molecule has 0 saturated carbocycles. The molecule has 10 heteroatoms. The zero-order valence-electron chi connectivity index (χ0n) is 13.9. The fraction of sp³-hybridized carbons (Fsp3) is 0. The van der Waals surface area contributed by atoms with E-state index in [1.807, 2.05) is 0 Å². The molecule has 0 bridgehead atoms. The monoisotopic (exact) mass is 436 g/mol. The van der Waals surface area contributed by atoms with Crippen LogP contribution in [0.2, 0.25) is 0 Å². The zero-order valence-corrected chi connectivity index (χ0v) is 15.5. The minimum Gasteiger partial charge on any atom is -0.507 e. The molecule has 28 heavy (non-hydrogen) atoms. The number of hydrogen-bond donors (Lipinski definition) is 2. The lowest BCUT2D eigenvalue weighted by atomic mass is 10.1. The molecule has 0 spiro atoms. The Labute approximate surface area is 166 Å². The first-order valence-corrected chi connectivity index (χ1v) is 8.61. The molecule has 1 aliphatic heterocycles. The van der Waals surface area contributed by atoms with Crippen LogP contribution in [0.15, 0.2) is 57.0 Å². The third-order valence-electron chi connectivity index (χ3n) is 3.94. The number of fused-ring (bicyclic) bond motifs is 1. The van der Waals surface area contributed by atoms with Gasteiger partial charge in [0.15, 0.2) is 0 Å². The largest absolute Gasteiger partial charge is 0.507 e. The summed E-state index contributed by atoms with van der Waals surface area (Å²) in [7, 11) is 0. The van der Waals surface area contributed by atoms with Crippen molar-refractivity contribution in [1.82, 2.24) is 14.9 Å². The highest BCUT2D eigenvalue weighted by Gasteiger charge is 2.32. The number of phenolic OH excluding ortho intramolecular Hbond substituents is 1. The summed E-state index contributed by atoms with van der Waals surface area (Å²) in [5.74, 6) is -0.617. The Hall–Kier alpha value is -3.84. The van der Waals surface area contributed by atoms with Gasteiger partial charge in [-0.2, -0.15) is 0 Å². The number of aromatic nitrogens is 3. The average Bonchev–Trinajstić information content (AvgIpc) is 3.24. The van der Waals surface area contributed by atoms with E-state index < -0.39 is 5.97 Å². The van der Waals surface area contributed by atoms with E-state index >= 15 is 0 Å². The van der Waals surface area contributed by atoms with Gasteiger partial charge in [0.05, 0.1) is 15.7 Å². The van der Waals surface area contributed by atoms with Gasteiger partial charge in [-0.15, -0.1) is 14.9 Å². The molecular weight excluding hydrogens is 428 g/mol. The Kier molecular flexibility index (Phi) is 4.21. The van der Waals surface area contributed by atoms with Crippen molar-refractivity contribution in [2.24, 2.45) is 10.1 Å². The molecule has 9 nitrogen and oxygen atoms in total. The maximum Gasteiger partial charge on any atom is 0.336 e. The minimum atomic E-state index is -1.11. The van der Waals surface area contributed by atoms with Gasteiger partial charge in [-0.1, -0.05) is 24.8 Å². The van der Waals surface area contributed by atoms with Gasteiger partial charge in [0.1, 0.15) is 11.5 Å². The SMILES string of the molecule is [C-]#[N+]C1=Nn2c(nnc2-c2ccccc2C(=O)O)C1=Nc1ccc(O)c(Br)c1. The highest BCUT2D eigenvalue weighted by Crippen LogP contribution is 2.30. The van der Waals surface area contributed by atoms with Gasteiger partial charge in [0.25, 0.3) is 0 Å². The highest BCUT2D eigenvalue weighted by atomic mass is 79.9. The van der Waals surface area contributed by atoms with Crippen LogP contribution >= 0.6 is 15.9 Å². The van der Waals surface area contributed by atoms with Crippen LogP contribution in [0.5, 0.6) is 5.75 Å². The maximum atomic E-state index is 11.5. The molecule has 0 amide bonds. The molecular formula is C18H9BrN6O3. The Morgan fingerprint density at radius 1 is 1.18 bits per heavy atom. The van der Waals surface area contributed by atoms with E-state index in [1.165, 1.54) is 16.8 Å². The van der Waals surface area contributed by atoms with Crippen LogP contribution in [0.1, 0.15) is 16.2 Å². The van der Waals surface area contributed by atoms with E-state index in [1.54, 1.807) is 30.3 Å². The molecule has 1 aromatic heterocycles.